The van der Waals surface area contributed by atoms with Gasteiger partial charge in [0, 0.05) is 38.5 Å². The minimum Gasteiger partial charge on any atom is -0.309 e. The molecule has 8 aromatic carbocycles. The van der Waals surface area contributed by atoms with Crippen LogP contribution in [-0.2, 0) is 5.41 Å². The van der Waals surface area contributed by atoms with Gasteiger partial charge in [0.1, 0.15) is 0 Å². The smallest absolute Gasteiger partial charge is 0.235 e. The summed E-state index contributed by atoms with van der Waals surface area (Å²) in [5.41, 5.74) is 11.2. The first-order valence-corrected chi connectivity index (χ1v) is 21.3. The van der Waals surface area contributed by atoms with Crippen LogP contribution in [0.2, 0.25) is 0 Å². The summed E-state index contributed by atoms with van der Waals surface area (Å²) in [6.45, 7) is 4.94. The highest BCUT2D eigenvalue weighted by molar-refractivity contribution is 6.22. The van der Waals surface area contributed by atoms with Gasteiger partial charge in [-0.2, -0.15) is 0 Å². The molecule has 3 unspecified atom stereocenters. The molecule has 2 aliphatic rings. The lowest BCUT2D eigenvalue weighted by atomic mass is 9.66. The highest BCUT2D eigenvalue weighted by Crippen LogP contribution is 2.59. The van der Waals surface area contributed by atoms with Crippen molar-refractivity contribution in [1.29, 1.82) is 0 Å². The predicted molar refractivity (Wildman–Crippen MR) is 246 cm³/mol. The molecule has 0 N–H and O–H groups in total. The molecule has 11 aromatic rings. The Bertz CT molecular complexity index is 3550. The van der Waals surface area contributed by atoms with Gasteiger partial charge in [-0.05, 0) is 112 Å². The molecule has 1 saturated carbocycles. The van der Waals surface area contributed by atoms with E-state index in [0.717, 1.165) is 41.0 Å². The fraction of sp³-hybridized carbons (Fsp3) is 0.164. The molecule has 0 bridgehead atoms. The second-order valence-corrected chi connectivity index (χ2v) is 17.7. The lowest BCUT2D eigenvalue weighted by Crippen LogP contribution is -2.30. The number of rotatable bonds is 3. The molecule has 4 heteroatoms. The third-order valence-electron chi connectivity index (χ3n) is 14.5. The minimum absolute atomic E-state index is 0.179. The fourth-order valence-electron chi connectivity index (χ4n) is 11.8. The molecule has 0 radical (unpaired) electrons. The van der Waals surface area contributed by atoms with Crippen molar-refractivity contribution < 1.29 is 0 Å². The fourth-order valence-corrected chi connectivity index (χ4v) is 11.8. The van der Waals surface area contributed by atoms with Crippen molar-refractivity contribution in [3.63, 3.8) is 0 Å². The van der Waals surface area contributed by atoms with Gasteiger partial charge < -0.3 is 4.57 Å². The van der Waals surface area contributed by atoms with Gasteiger partial charge in [-0.15, -0.1) is 0 Å². The summed E-state index contributed by atoms with van der Waals surface area (Å²) in [6.07, 6.45) is 3.43. The number of aromatic nitrogens is 4. The van der Waals surface area contributed by atoms with E-state index < -0.39 is 0 Å². The Morgan fingerprint density at radius 2 is 1.22 bits per heavy atom. The summed E-state index contributed by atoms with van der Waals surface area (Å²) in [5, 5.41) is 11.1. The SMILES string of the molecule is CC1(C)c2ccccc2C2CC(c3nc(-n4c5cc(-n6c7ccccc7c7cc8ccccc8cc76)ccc5c5c6ccccc6ccc54)nc4ccccc34)CCC21. The Labute approximate surface area is 342 Å². The van der Waals surface area contributed by atoms with Crippen molar-refractivity contribution in [1.82, 2.24) is 19.1 Å². The second kappa shape index (κ2) is 12.1. The number of hydrogen-bond donors (Lipinski definition) is 0. The highest BCUT2D eigenvalue weighted by atomic mass is 15.2. The topological polar surface area (TPSA) is 35.6 Å². The molecule has 2 aliphatic carbocycles. The molecule has 13 rings (SSSR count). The summed E-state index contributed by atoms with van der Waals surface area (Å²) < 4.78 is 4.81. The maximum atomic E-state index is 5.73. The molecule has 4 nitrogen and oxygen atoms in total. The molecule has 3 atom stereocenters. The number of benzene rings is 8. The Morgan fingerprint density at radius 3 is 2.10 bits per heavy atom. The number of nitrogens with zero attached hydrogens (tertiary/aromatic N) is 4. The lowest BCUT2D eigenvalue weighted by Gasteiger charge is -2.38. The first-order chi connectivity index (χ1) is 29.0. The van der Waals surface area contributed by atoms with Crippen molar-refractivity contribution >= 4 is 76.1 Å². The number of fused-ring (bicyclic) bond motifs is 13. The zero-order valence-electron chi connectivity index (χ0n) is 33.2. The summed E-state index contributed by atoms with van der Waals surface area (Å²) in [5.74, 6) is 2.25. The van der Waals surface area contributed by atoms with Crippen LogP contribution in [0.5, 0.6) is 0 Å². The van der Waals surface area contributed by atoms with E-state index in [1.807, 2.05) is 0 Å². The van der Waals surface area contributed by atoms with Crippen LogP contribution in [0.1, 0.15) is 61.8 Å². The van der Waals surface area contributed by atoms with Crippen molar-refractivity contribution in [2.45, 2.75) is 50.4 Å². The van der Waals surface area contributed by atoms with E-state index in [9.17, 15) is 0 Å². The van der Waals surface area contributed by atoms with E-state index in [-0.39, 0.29) is 5.41 Å². The minimum atomic E-state index is 0.179. The summed E-state index contributed by atoms with van der Waals surface area (Å²) in [6, 6.07) is 60.5. The van der Waals surface area contributed by atoms with Gasteiger partial charge in [0.25, 0.3) is 0 Å². The van der Waals surface area contributed by atoms with Gasteiger partial charge in [0.05, 0.1) is 33.3 Å². The van der Waals surface area contributed by atoms with E-state index in [2.05, 4.69) is 187 Å². The zero-order chi connectivity index (χ0) is 39.0. The Kier molecular flexibility index (Phi) is 6.83. The van der Waals surface area contributed by atoms with Gasteiger partial charge in [0.15, 0.2) is 0 Å². The summed E-state index contributed by atoms with van der Waals surface area (Å²) >= 11 is 0. The number of hydrogen-bond acceptors (Lipinski definition) is 2. The van der Waals surface area contributed by atoms with Gasteiger partial charge in [-0.3, -0.25) is 4.57 Å². The molecule has 282 valence electrons. The van der Waals surface area contributed by atoms with E-state index in [1.165, 1.54) is 77.2 Å². The first kappa shape index (κ1) is 33.2. The summed E-state index contributed by atoms with van der Waals surface area (Å²) in [7, 11) is 0. The van der Waals surface area contributed by atoms with E-state index >= 15 is 0 Å². The van der Waals surface area contributed by atoms with Crippen LogP contribution in [0.15, 0.2) is 164 Å². The monoisotopic (exact) mass is 758 g/mol. The van der Waals surface area contributed by atoms with Crippen molar-refractivity contribution in [3.05, 3.63) is 181 Å². The van der Waals surface area contributed by atoms with Gasteiger partial charge in [0.2, 0.25) is 5.95 Å². The molecule has 3 heterocycles. The lowest BCUT2D eigenvalue weighted by molar-refractivity contribution is 0.215. The van der Waals surface area contributed by atoms with Crippen molar-refractivity contribution in [3.8, 4) is 11.6 Å². The molecule has 0 spiro atoms. The normalized spacial score (nSPS) is 18.8. The van der Waals surface area contributed by atoms with Crippen molar-refractivity contribution in [2.24, 2.45) is 5.92 Å². The van der Waals surface area contributed by atoms with Crippen LogP contribution in [0.25, 0.3) is 87.7 Å². The van der Waals surface area contributed by atoms with Crippen LogP contribution in [0.4, 0.5) is 0 Å². The average Bonchev–Trinajstić information content (AvgIpc) is 3.87. The Hall–Kier alpha value is -6.78. The van der Waals surface area contributed by atoms with Gasteiger partial charge in [-0.1, -0.05) is 135 Å². The molecule has 59 heavy (non-hydrogen) atoms. The van der Waals surface area contributed by atoms with Crippen LogP contribution in [0.3, 0.4) is 0 Å². The third-order valence-corrected chi connectivity index (χ3v) is 14.5. The molecular formula is C55H42N4. The van der Waals surface area contributed by atoms with E-state index in [0.29, 0.717) is 17.8 Å². The van der Waals surface area contributed by atoms with E-state index in [4.69, 9.17) is 9.97 Å². The maximum absolute atomic E-state index is 5.73. The van der Waals surface area contributed by atoms with Crippen LogP contribution in [0, 0.1) is 5.92 Å². The van der Waals surface area contributed by atoms with Gasteiger partial charge >= 0.3 is 0 Å². The molecule has 0 saturated heterocycles. The Morgan fingerprint density at radius 1 is 0.508 bits per heavy atom. The van der Waals surface area contributed by atoms with Gasteiger partial charge in [-0.25, -0.2) is 9.97 Å². The van der Waals surface area contributed by atoms with Crippen molar-refractivity contribution in [2.75, 3.05) is 0 Å². The van der Waals surface area contributed by atoms with Crippen LogP contribution >= 0.6 is 0 Å². The second-order valence-electron chi connectivity index (χ2n) is 17.7. The molecule has 0 aliphatic heterocycles. The summed E-state index contributed by atoms with van der Waals surface area (Å²) in [4.78, 5) is 11.2. The quantitative estimate of drug-likeness (QED) is 0.180. The third kappa shape index (κ3) is 4.66. The molecule has 3 aromatic heterocycles. The highest BCUT2D eigenvalue weighted by Gasteiger charge is 2.48. The largest absolute Gasteiger partial charge is 0.309 e. The van der Waals surface area contributed by atoms with Crippen LogP contribution in [-0.4, -0.2) is 19.1 Å². The Balaban J connectivity index is 1.07. The average molecular weight is 759 g/mol. The maximum Gasteiger partial charge on any atom is 0.235 e. The predicted octanol–water partition coefficient (Wildman–Crippen LogP) is 14.1. The number of para-hydroxylation sites is 2. The molecule has 0 amide bonds. The van der Waals surface area contributed by atoms with Crippen LogP contribution < -0.4 is 0 Å². The van der Waals surface area contributed by atoms with E-state index in [1.54, 1.807) is 5.56 Å². The molecule has 1 fully saturated rings. The first-order valence-electron chi connectivity index (χ1n) is 21.3. The zero-order valence-corrected chi connectivity index (χ0v) is 33.2. The standard InChI is InChI=1S/C55H42N4/c1-55(2)45-20-10-7-17-39(45)43-30-36(23-27-46(43)55)53-41-19-8-11-21-47(41)56-54(57-53)59-49-28-24-33-13-5-6-16-38(33)52(49)42-26-25-37(32-51(42)59)58-48-22-12-9-18-40(48)44-29-34-14-3-4-15-35(34)31-50(44)58/h3-22,24-26,28-29,31-32,36,43,46H,23,27,30H2,1-2H3. The molecular weight excluding hydrogens is 717 g/mol.